The van der Waals surface area contributed by atoms with Crippen molar-refractivity contribution in [3.8, 4) is 0 Å². The summed E-state index contributed by atoms with van der Waals surface area (Å²) in [6, 6.07) is 2.44. The lowest BCUT2D eigenvalue weighted by molar-refractivity contribution is -0.742. The molecule has 12 heteroatoms. The van der Waals surface area contributed by atoms with Gasteiger partial charge in [-0.15, -0.1) is 10.1 Å². The highest BCUT2D eigenvalue weighted by Gasteiger charge is 2.31. The first-order chi connectivity index (χ1) is 9.43. The van der Waals surface area contributed by atoms with E-state index in [1.54, 1.807) is 0 Å². The molecule has 0 radical (unpaired) electrons. The van der Waals surface area contributed by atoms with Gasteiger partial charge in [-0.2, -0.15) is 13.2 Å². The van der Waals surface area contributed by atoms with E-state index in [-0.39, 0.29) is 11.3 Å². The highest BCUT2D eigenvalue weighted by atomic mass is 19.4. The molecule has 0 saturated heterocycles. The van der Waals surface area contributed by atoms with Gasteiger partial charge in [-0.3, -0.25) is 10.2 Å². The van der Waals surface area contributed by atoms with Crippen molar-refractivity contribution < 1.29 is 28.3 Å². The van der Waals surface area contributed by atoms with Crippen LogP contribution in [0.25, 0.3) is 0 Å². The Balaban J connectivity index is 0.000000885. The number of rotatable bonds is 2. The van der Waals surface area contributed by atoms with E-state index >= 15 is 0 Å². The van der Waals surface area contributed by atoms with Crippen molar-refractivity contribution in [3.63, 3.8) is 0 Å². The molecular formula is C9H10F3N5O4. The number of nitrogens with two attached hydrogens (primary N) is 2. The Hall–Kier alpha value is -3.05. The number of anilines is 1. The monoisotopic (exact) mass is 309 g/mol. The molecule has 1 aromatic rings. The minimum atomic E-state index is -4.61. The molecule has 1 rings (SSSR count). The molecule has 0 aromatic heterocycles. The number of benzene rings is 1. The molecule has 1 amide bonds. The molecule has 7 N–H and O–H groups in total. The van der Waals surface area contributed by atoms with Gasteiger partial charge in [0.15, 0.2) is 5.96 Å². The van der Waals surface area contributed by atoms with Crippen LogP contribution in [0.3, 0.4) is 0 Å². The third-order valence-corrected chi connectivity index (χ3v) is 1.82. The Morgan fingerprint density at radius 2 is 1.81 bits per heavy atom. The number of alkyl halides is 3. The summed E-state index contributed by atoms with van der Waals surface area (Å²) in [5.41, 5.74) is 8.41. The number of guanidine groups is 1. The number of nitrogens with zero attached hydrogens (tertiary/aromatic N) is 1. The predicted octanol–water partition coefficient (Wildman–Crippen LogP) is 0.762. The molecule has 0 atom stereocenters. The minimum Gasteiger partial charge on any atom is -0.370 e. The Labute approximate surface area is 115 Å². The molecule has 0 fully saturated rings. The first-order valence-electron chi connectivity index (χ1n) is 4.90. The van der Waals surface area contributed by atoms with Crippen molar-refractivity contribution in [2.75, 3.05) is 5.32 Å². The van der Waals surface area contributed by atoms with Gasteiger partial charge in [0, 0.05) is 11.3 Å². The van der Waals surface area contributed by atoms with Gasteiger partial charge in [-0.05, 0) is 18.2 Å². The molecular weight excluding hydrogens is 299 g/mol. The molecule has 116 valence electrons. The van der Waals surface area contributed by atoms with E-state index < -0.39 is 28.7 Å². The van der Waals surface area contributed by atoms with Crippen molar-refractivity contribution in [1.29, 1.82) is 5.41 Å². The number of nitrogens with one attached hydrogen (secondary N) is 2. The van der Waals surface area contributed by atoms with Gasteiger partial charge in [-0.1, -0.05) is 0 Å². The first-order valence-corrected chi connectivity index (χ1v) is 4.90. The molecule has 0 unspecified atom stereocenters. The number of amides is 1. The molecule has 0 heterocycles. The van der Waals surface area contributed by atoms with Crippen LogP contribution in [-0.2, 0) is 6.18 Å². The Morgan fingerprint density at radius 3 is 2.14 bits per heavy atom. The fraction of sp³-hybridized carbons (Fsp3) is 0.111. The molecule has 0 saturated carbocycles. The van der Waals surface area contributed by atoms with E-state index in [0.717, 1.165) is 12.1 Å². The maximum absolute atomic E-state index is 12.5. The predicted molar refractivity (Wildman–Crippen MR) is 64.3 cm³/mol. The van der Waals surface area contributed by atoms with Gasteiger partial charge < -0.3 is 22.0 Å². The Kier molecular flexibility index (Phi) is 5.92. The summed E-state index contributed by atoms with van der Waals surface area (Å²) in [4.78, 5) is 19.2. The number of primary amides is 1. The molecule has 1 aromatic carbocycles. The van der Waals surface area contributed by atoms with Gasteiger partial charge in [0.2, 0.25) is 5.91 Å². The number of carbonyl (C=O) groups is 1. The van der Waals surface area contributed by atoms with Gasteiger partial charge in [0.05, 0.1) is 5.56 Å². The summed E-state index contributed by atoms with van der Waals surface area (Å²) in [7, 11) is 0. The summed E-state index contributed by atoms with van der Waals surface area (Å²) in [6.07, 6.45) is -4.61. The summed E-state index contributed by atoms with van der Waals surface area (Å²) in [5, 5.41) is 22.7. The molecule has 0 spiro atoms. The second kappa shape index (κ2) is 6.93. The Morgan fingerprint density at radius 1 is 1.33 bits per heavy atom. The van der Waals surface area contributed by atoms with E-state index in [4.69, 9.17) is 32.2 Å². The van der Waals surface area contributed by atoms with E-state index in [1.165, 1.54) is 0 Å². The number of hydrogen-bond donors (Lipinski definition) is 5. The zero-order valence-corrected chi connectivity index (χ0v) is 10.1. The second-order valence-corrected chi connectivity index (χ2v) is 3.44. The van der Waals surface area contributed by atoms with E-state index in [0.29, 0.717) is 6.07 Å². The third kappa shape index (κ3) is 7.19. The molecule has 0 aliphatic rings. The summed E-state index contributed by atoms with van der Waals surface area (Å²) >= 11 is 0. The number of hydrogen-bond acceptors (Lipinski definition) is 4. The van der Waals surface area contributed by atoms with Crippen LogP contribution in [-0.4, -0.2) is 22.2 Å². The summed E-state index contributed by atoms with van der Waals surface area (Å²) < 4.78 is 37.5. The summed E-state index contributed by atoms with van der Waals surface area (Å²) in [6.45, 7) is 0. The Bertz CT molecular complexity index is 557. The van der Waals surface area contributed by atoms with Crippen LogP contribution in [0.15, 0.2) is 18.2 Å². The summed E-state index contributed by atoms with van der Waals surface area (Å²) in [5.74, 6) is -1.54. The molecule has 0 aliphatic carbocycles. The van der Waals surface area contributed by atoms with Gasteiger partial charge in [0.1, 0.15) is 0 Å². The van der Waals surface area contributed by atoms with Gasteiger partial charge >= 0.3 is 6.18 Å². The topological polar surface area (TPSA) is 168 Å². The van der Waals surface area contributed by atoms with Gasteiger partial charge in [0.25, 0.3) is 5.09 Å². The second-order valence-electron chi connectivity index (χ2n) is 3.44. The van der Waals surface area contributed by atoms with Crippen LogP contribution >= 0.6 is 0 Å². The van der Waals surface area contributed by atoms with Gasteiger partial charge in [-0.25, -0.2) is 0 Å². The average molecular weight is 309 g/mol. The quantitative estimate of drug-likeness (QED) is 0.234. The number of carbonyl (C=O) groups excluding carboxylic acids is 1. The largest absolute Gasteiger partial charge is 0.416 e. The van der Waals surface area contributed by atoms with E-state index in [1.807, 2.05) is 0 Å². The van der Waals surface area contributed by atoms with Crippen molar-refractivity contribution in [2.45, 2.75) is 6.18 Å². The zero-order valence-electron chi connectivity index (χ0n) is 10.1. The fourth-order valence-electron chi connectivity index (χ4n) is 1.16. The number of halogens is 3. The van der Waals surface area contributed by atoms with Crippen LogP contribution in [0.4, 0.5) is 18.9 Å². The zero-order chi connectivity index (χ0) is 16.8. The van der Waals surface area contributed by atoms with Crippen LogP contribution < -0.4 is 16.8 Å². The fourth-order valence-corrected chi connectivity index (χ4v) is 1.16. The standard InChI is InChI=1S/C9H9F3N4O.HNO3/c10-9(11,12)5-1-4(7(13)17)2-6(3-5)16-8(14)15;2-1(3)4/h1-3H,(H2,13,17)(H4,14,15,16);(H,2,3,4). The lowest BCUT2D eigenvalue weighted by Crippen LogP contribution is -2.22. The lowest BCUT2D eigenvalue weighted by atomic mass is 10.1. The highest BCUT2D eigenvalue weighted by molar-refractivity contribution is 5.96. The molecule has 21 heavy (non-hydrogen) atoms. The lowest BCUT2D eigenvalue weighted by Gasteiger charge is -2.11. The van der Waals surface area contributed by atoms with E-state index in [2.05, 4.69) is 5.32 Å². The maximum atomic E-state index is 12.5. The van der Waals surface area contributed by atoms with Crippen LogP contribution in [0, 0.1) is 15.5 Å². The van der Waals surface area contributed by atoms with Crippen molar-refractivity contribution >= 4 is 17.6 Å². The first kappa shape index (κ1) is 17.9. The SMILES string of the molecule is N=C(N)Nc1cc(C(N)=O)cc(C(F)(F)F)c1.O=[N+]([O-])O. The van der Waals surface area contributed by atoms with Crippen molar-refractivity contribution in [2.24, 2.45) is 11.5 Å². The minimum absolute atomic E-state index is 0.124. The molecule has 9 nitrogen and oxygen atoms in total. The van der Waals surface area contributed by atoms with Crippen molar-refractivity contribution in [3.05, 3.63) is 39.4 Å². The molecule has 0 aliphatic heterocycles. The van der Waals surface area contributed by atoms with Crippen LogP contribution in [0.5, 0.6) is 0 Å². The highest BCUT2D eigenvalue weighted by Crippen LogP contribution is 2.31. The molecule has 0 bridgehead atoms. The van der Waals surface area contributed by atoms with Crippen LogP contribution in [0.1, 0.15) is 15.9 Å². The van der Waals surface area contributed by atoms with Crippen LogP contribution in [0.2, 0.25) is 0 Å². The maximum Gasteiger partial charge on any atom is 0.416 e. The van der Waals surface area contributed by atoms with E-state index in [9.17, 15) is 18.0 Å². The average Bonchev–Trinajstić information content (AvgIpc) is 2.25. The third-order valence-electron chi connectivity index (χ3n) is 1.82. The smallest absolute Gasteiger partial charge is 0.370 e. The normalized spacial score (nSPS) is 10.0. The van der Waals surface area contributed by atoms with Crippen molar-refractivity contribution in [1.82, 2.24) is 0 Å².